The number of hydroxylamine groups is 1. The molecule has 5 nitrogen and oxygen atoms in total. The van der Waals surface area contributed by atoms with Crippen LogP contribution in [0.3, 0.4) is 0 Å². The van der Waals surface area contributed by atoms with Gasteiger partial charge in [0, 0.05) is 12.5 Å². The van der Waals surface area contributed by atoms with Gasteiger partial charge in [0.05, 0.1) is 13.2 Å². The molecule has 1 fully saturated rings. The highest BCUT2D eigenvalue weighted by molar-refractivity contribution is 5.84. The van der Waals surface area contributed by atoms with Crippen molar-refractivity contribution in [3.63, 3.8) is 0 Å². The van der Waals surface area contributed by atoms with Crippen molar-refractivity contribution < 1.29 is 9.94 Å². The third-order valence-corrected chi connectivity index (χ3v) is 3.48. The summed E-state index contributed by atoms with van der Waals surface area (Å²) in [7, 11) is 0. The van der Waals surface area contributed by atoms with Gasteiger partial charge in [-0.15, -0.1) is 0 Å². The van der Waals surface area contributed by atoms with Crippen LogP contribution in [0.5, 0.6) is 5.75 Å². The molecule has 116 valence electrons. The first-order chi connectivity index (χ1) is 10.2. The van der Waals surface area contributed by atoms with E-state index in [0.29, 0.717) is 24.9 Å². The number of nitrogens with zero attached hydrogens (tertiary/aromatic N) is 1. The minimum Gasteiger partial charge on any atom is -0.493 e. The van der Waals surface area contributed by atoms with Crippen LogP contribution in [0.4, 0.5) is 0 Å². The summed E-state index contributed by atoms with van der Waals surface area (Å²) in [4.78, 5) is 4.49. The third kappa shape index (κ3) is 5.02. The van der Waals surface area contributed by atoms with E-state index in [2.05, 4.69) is 29.6 Å². The number of hydrogen-bond acceptors (Lipinski definition) is 4. The standard InChI is InChI=1S/C16H25N3O2/c1-12(2)11-21-15-5-3-4-13(8-15)9-18-16(19-20)14-6-7-17-10-14/h3-5,8,12,14,17,20H,6-7,9-11H2,1-2H3,(H,18,19). The lowest BCUT2D eigenvalue weighted by Crippen LogP contribution is -2.29. The van der Waals surface area contributed by atoms with E-state index in [-0.39, 0.29) is 5.92 Å². The van der Waals surface area contributed by atoms with Crippen molar-refractivity contribution in [3.05, 3.63) is 29.8 Å². The van der Waals surface area contributed by atoms with Crippen LogP contribution in [-0.4, -0.2) is 30.7 Å². The van der Waals surface area contributed by atoms with E-state index in [4.69, 9.17) is 4.74 Å². The van der Waals surface area contributed by atoms with Crippen molar-refractivity contribution in [2.45, 2.75) is 26.8 Å². The molecule has 2 rings (SSSR count). The van der Waals surface area contributed by atoms with Gasteiger partial charge < -0.3 is 10.1 Å². The monoisotopic (exact) mass is 291 g/mol. The first kappa shape index (κ1) is 15.8. The van der Waals surface area contributed by atoms with Crippen molar-refractivity contribution in [2.24, 2.45) is 16.8 Å². The van der Waals surface area contributed by atoms with Crippen LogP contribution < -0.4 is 15.5 Å². The molecule has 3 N–H and O–H groups in total. The highest BCUT2D eigenvalue weighted by Crippen LogP contribution is 2.16. The summed E-state index contributed by atoms with van der Waals surface area (Å²) < 4.78 is 5.72. The molecule has 5 heteroatoms. The molecule has 1 aromatic rings. The molecule has 1 heterocycles. The average molecular weight is 291 g/mol. The van der Waals surface area contributed by atoms with Gasteiger partial charge in [-0.1, -0.05) is 26.0 Å². The van der Waals surface area contributed by atoms with E-state index >= 15 is 0 Å². The van der Waals surface area contributed by atoms with Gasteiger partial charge in [0.15, 0.2) is 0 Å². The normalized spacial score (nSPS) is 19.0. The second kappa shape index (κ2) is 8.00. The lowest BCUT2D eigenvalue weighted by molar-refractivity contribution is 0.227. The van der Waals surface area contributed by atoms with Crippen LogP contribution >= 0.6 is 0 Å². The molecule has 1 aliphatic rings. The molecule has 0 aliphatic carbocycles. The smallest absolute Gasteiger partial charge is 0.125 e. The minimum absolute atomic E-state index is 0.273. The summed E-state index contributed by atoms with van der Waals surface area (Å²) in [5.74, 6) is 2.31. The molecular formula is C16H25N3O2. The van der Waals surface area contributed by atoms with Crippen LogP contribution in [0.15, 0.2) is 29.3 Å². The van der Waals surface area contributed by atoms with Gasteiger partial charge in [0.1, 0.15) is 11.6 Å². The molecule has 0 saturated carbocycles. The number of benzene rings is 1. The molecule has 0 bridgehead atoms. The topological polar surface area (TPSA) is 65.9 Å². The zero-order valence-electron chi connectivity index (χ0n) is 12.8. The first-order valence-electron chi connectivity index (χ1n) is 7.56. The Bertz CT molecular complexity index is 468. The Morgan fingerprint density at radius 3 is 3.05 bits per heavy atom. The fourth-order valence-corrected chi connectivity index (χ4v) is 2.32. The molecular weight excluding hydrogens is 266 g/mol. The Kier molecular flexibility index (Phi) is 6.02. The number of ether oxygens (including phenoxy) is 1. The Morgan fingerprint density at radius 2 is 2.38 bits per heavy atom. The number of nitrogens with one attached hydrogen (secondary N) is 2. The van der Waals surface area contributed by atoms with E-state index < -0.39 is 0 Å². The lowest BCUT2D eigenvalue weighted by atomic mass is 10.1. The molecule has 1 aliphatic heterocycles. The average Bonchev–Trinajstić information content (AvgIpc) is 3.00. The Labute approximate surface area is 126 Å². The molecule has 0 aromatic heterocycles. The second-order valence-electron chi connectivity index (χ2n) is 5.86. The summed E-state index contributed by atoms with van der Waals surface area (Å²) in [5, 5.41) is 12.5. The van der Waals surface area contributed by atoms with Gasteiger partial charge in [0.2, 0.25) is 0 Å². The highest BCUT2D eigenvalue weighted by atomic mass is 16.5. The lowest BCUT2D eigenvalue weighted by Gasteiger charge is -2.12. The van der Waals surface area contributed by atoms with Gasteiger partial charge >= 0.3 is 0 Å². The molecule has 1 atom stereocenters. The van der Waals surface area contributed by atoms with Gasteiger partial charge in [-0.2, -0.15) is 0 Å². The molecule has 21 heavy (non-hydrogen) atoms. The van der Waals surface area contributed by atoms with Crippen molar-refractivity contribution in [2.75, 3.05) is 19.7 Å². The number of rotatable bonds is 6. The van der Waals surface area contributed by atoms with E-state index in [1.165, 1.54) is 0 Å². The number of amidine groups is 1. The molecule has 1 aromatic carbocycles. The van der Waals surface area contributed by atoms with Gasteiger partial charge in [0.25, 0.3) is 0 Å². The predicted molar refractivity (Wildman–Crippen MR) is 83.8 cm³/mol. The molecule has 0 amide bonds. The zero-order chi connectivity index (χ0) is 15.1. The maximum Gasteiger partial charge on any atom is 0.125 e. The van der Waals surface area contributed by atoms with Crippen LogP contribution in [0.25, 0.3) is 0 Å². The number of hydrogen-bond donors (Lipinski definition) is 3. The van der Waals surface area contributed by atoms with Crippen LogP contribution in [0.1, 0.15) is 25.8 Å². The maximum absolute atomic E-state index is 9.23. The molecule has 0 radical (unpaired) electrons. The number of aliphatic imine (C=N–C) groups is 1. The molecule has 0 spiro atoms. The van der Waals surface area contributed by atoms with Gasteiger partial charge in [-0.3, -0.25) is 15.7 Å². The minimum atomic E-state index is 0.273. The van der Waals surface area contributed by atoms with Crippen LogP contribution in [-0.2, 0) is 6.54 Å². The van der Waals surface area contributed by atoms with E-state index in [1.807, 2.05) is 24.3 Å². The van der Waals surface area contributed by atoms with E-state index in [9.17, 15) is 5.21 Å². The zero-order valence-corrected chi connectivity index (χ0v) is 12.8. The van der Waals surface area contributed by atoms with Gasteiger partial charge in [-0.25, -0.2) is 0 Å². The summed E-state index contributed by atoms with van der Waals surface area (Å²) in [5.41, 5.74) is 3.33. The summed E-state index contributed by atoms with van der Waals surface area (Å²) in [6.45, 7) is 7.35. The Morgan fingerprint density at radius 1 is 1.52 bits per heavy atom. The summed E-state index contributed by atoms with van der Waals surface area (Å²) in [6.07, 6.45) is 1.00. The third-order valence-electron chi connectivity index (χ3n) is 3.48. The fourth-order valence-electron chi connectivity index (χ4n) is 2.32. The second-order valence-corrected chi connectivity index (χ2v) is 5.86. The summed E-state index contributed by atoms with van der Waals surface area (Å²) >= 11 is 0. The molecule has 1 unspecified atom stereocenters. The van der Waals surface area contributed by atoms with Crippen LogP contribution in [0.2, 0.25) is 0 Å². The SMILES string of the molecule is CC(C)COc1cccc(CN=C(NO)C2CCNC2)c1. The maximum atomic E-state index is 9.23. The van der Waals surface area contributed by atoms with Crippen molar-refractivity contribution >= 4 is 5.84 Å². The fraction of sp³-hybridized carbons (Fsp3) is 0.562. The largest absolute Gasteiger partial charge is 0.493 e. The van der Waals surface area contributed by atoms with Gasteiger partial charge in [-0.05, 0) is 36.6 Å². The Hall–Kier alpha value is -1.59. The van der Waals surface area contributed by atoms with Crippen LogP contribution in [0, 0.1) is 11.8 Å². The van der Waals surface area contributed by atoms with Crippen molar-refractivity contribution in [1.82, 2.24) is 10.8 Å². The van der Waals surface area contributed by atoms with E-state index in [1.54, 1.807) is 0 Å². The quantitative estimate of drug-likeness (QED) is 0.427. The Balaban J connectivity index is 1.96. The van der Waals surface area contributed by atoms with Crippen molar-refractivity contribution in [1.29, 1.82) is 0 Å². The predicted octanol–water partition coefficient (Wildman–Crippen LogP) is 2.21. The highest BCUT2D eigenvalue weighted by Gasteiger charge is 2.19. The first-order valence-corrected chi connectivity index (χ1v) is 7.56. The summed E-state index contributed by atoms with van der Waals surface area (Å²) in [6, 6.07) is 7.97. The van der Waals surface area contributed by atoms with E-state index in [0.717, 1.165) is 30.8 Å². The molecule has 1 saturated heterocycles. The van der Waals surface area contributed by atoms with Crippen molar-refractivity contribution in [3.8, 4) is 5.75 Å².